The molecule has 0 atom stereocenters. The van der Waals surface area contributed by atoms with E-state index in [9.17, 15) is 13.2 Å². The summed E-state index contributed by atoms with van der Waals surface area (Å²) in [4.78, 5) is 11.3. The molecule has 1 aliphatic heterocycles. The fourth-order valence-corrected chi connectivity index (χ4v) is 2.55. The van der Waals surface area contributed by atoms with E-state index < -0.39 is 16.0 Å². The molecule has 0 amide bonds. The number of methoxy groups -OCH3 is 1. The summed E-state index contributed by atoms with van der Waals surface area (Å²) in [6, 6.07) is 4.62. The lowest BCUT2D eigenvalue weighted by molar-refractivity contribution is 0.0601. The van der Waals surface area contributed by atoms with Crippen molar-refractivity contribution in [3.63, 3.8) is 0 Å². The molecule has 17 heavy (non-hydrogen) atoms. The SMILES string of the molecule is COC(=O)c1ccc2c(c1)NCCS(=O)(=O)N2. The van der Waals surface area contributed by atoms with Crippen LogP contribution < -0.4 is 10.0 Å². The van der Waals surface area contributed by atoms with Gasteiger partial charge >= 0.3 is 5.97 Å². The molecule has 0 aliphatic carbocycles. The molecule has 1 heterocycles. The number of benzene rings is 1. The molecule has 0 unspecified atom stereocenters. The zero-order valence-electron chi connectivity index (χ0n) is 9.19. The maximum absolute atomic E-state index is 11.5. The van der Waals surface area contributed by atoms with Crippen molar-refractivity contribution in [3.05, 3.63) is 23.8 Å². The van der Waals surface area contributed by atoms with Crippen LogP contribution in [0.15, 0.2) is 18.2 Å². The minimum absolute atomic E-state index is 0.00472. The van der Waals surface area contributed by atoms with Gasteiger partial charge in [-0.3, -0.25) is 4.72 Å². The van der Waals surface area contributed by atoms with Crippen LogP contribution in [0.3, 0.4) is 0 Å². The van der Waals surface area contributed by atoms with Crippen LogP contribution in [0.25, 0.3) is 0 Å². The summed E-state index contributed by atoms with van der Waals surface area (Å²) in [5.41, 5.74) is 1.39. The summed E-state index contributed by atoms with van der Waals surface area (Å²) < 4.78 is 30.0. The quantitative estimate of drug-likeness (QED) is 0.720. The van der Waals surface area contributed by atoms with Gasteiger partial charge < -0.3 is 10.1 Å². The molecular formula is C10H12N2O4S. The van der Waals surface area contributed by atoms with E-state index in [-0.39, 0.29) is 5.75 Å². The van der Waals surface area contributed by atoms with E-state index in [2.05, 4.69) is 14.8 Å². The third-order valence-electron chi connectivity index (χ3n) is 2.39. The standard InChI is InChI=1S/C10H12N2O4S/c1-16-10(13)7-2-3-8-9(6-7)11-4-5-17(14,15)12-8/h2-3,6,11-12H,4-5H2,1H3. The third kappa shape index (κ3) is 2.50. The summed E-state index contributed by atoms with van der Waals surface area (Å²) in [6.07, 6.45) is 0. The van der Waals surface area contributed by atoms with Gasteiger partial charge in [0.15, 0.2) is 0 Å². The summed E-state index contributed by atoms with van der Waals surface area (Å²) in [6.45, 7) is 0.299. The Morgan fingerprint density at radius 2 is 2.12 bits per heavy atom. The molecule has 0 spiro atoms. The van der Waals surface area contributed by atoms with Crippen LogP contribution >= 0.6 is 0 Å². The van der Waals surface area contributed by atoms with Gasteiger partial charge in [-0.2, -0.15) is 0 Å². The van der Waals surface area contributed by atoms with Crippen molar-refractivity contribution in [1.82, 2.24) is 0 Å². The lowest BCUT2D eigenvalue weighted by Gasteiger charge is -2.09. The molecule has 7 heteroatoms. The lowest BCUT2D eigenvalue weighted by Crippen LogP contribution is -2.17. The van der Waals surface area contributed by atoms with Crippen LogP contribution in [-0.2, 0) is 14.8 Å². The van der Waals surface area contributed by atoms with Gasteiger partial charge in [-0.15, -0.1) is 0 Å². The van der Waals surface area contributed by atoms with Crippen molar-refractivity contribution < 1.29 is 17.9 Å². The monoisotopic (exact) mass is 256 g/mol. The Bertz CT molecular complexity index is 553. The first-order chi connectivity index (χ1) is 8.02. The third-order valence-corrected chi connectivity index (χ3v) is 3.66. The predicted octanol–water partition coefficient (Wildman–Crippen LogP) is 0.640. The number of carbonyl (C=O) groups excluding carboxylic acids is 1. The van der Waals surface area contributed by atoms with Crippen molar-refractivity contribution >= 4 is 27.4 Å². The predicted molar refractivity (Wildman–Crippen MR) is 63.7 cm³/mol. The summed E-state index contributed by atoms with van der Waals surface area (Å²) in [5, 5.41) is 2.95. The average molecular weight is 256 g/mol. The number of fused-ring (bicyclic) bond motifs is 1. The molecule has 0 fully saturated rings. The smallest absolute Gasteiger partial charge is 0.337 e. The van der Waals surface area contributed by atoms with Crippen LogP contribution in [0.5, 0.6) is 0 Å². The van der Waals surface area contributed by atoms with E-state index >= 15 is 0 Å². The van der Waals surface area contributed by atoms with E-state index in [1.807, 2.05) is 0 Å². The van der Waals surface area contributed by atoms with E-state index in [1.54, 1.807) is 6.07 Å². The van der Waals surface area contributed by atoms with Crippen molar-refractivity contribution in [3.8, 4) is 0 Å². The second-order valence-electron chi connectivity index (χ2n) is 3.60. The molecule has 0 radical (unpaired) electrons. The Hall–Kier alpha value is -1.76. The molecule has 0 saturated carbocycles. The molecule has 2 rings (SSSR count). The number of nitrogens with one attached hydrogen (secondary N) is 2. The van der Waals surface area contributed by atoms with Crippen LogP contribution in [0.2, 0.25) is 0 Å². The number of hydrogen-bond donors (Lipinski definition) is 2. The minimum Gasteiger partial charge on any atom is -0.465 e. The molecule has 1 aromatic carbocycles. The number of carbonyl (C=O) groups is 1. The van der Waals surface area contributed by atoms with Gasteiger partial charge in [0, 0.05) is 6.54 Å². The highest BCUT2D eigenvalue weighted by molar-refractivity contribution is 7.92. The lowest BCUT2D eigenvalue weighted by atomic mass is 10.1. The Kier molecular flexibility index (Phi) is 2.93. The molecule has 6 nitrogen and oxygen atoms in total. The van der Waals surface area contributed by atoms with Gasteiger partial charge in [0.2, 0.25) is 10.0 Å². The second-order valence-corrected chi connectivity index (χ2v) is 5.44. The van der Waals surface area contributed by atoms with Crippen molar-refractivity contribution in [2.75, 3.05) is 29.4 Å². The first kappa shape index (κ1) is 11.7. The molecule has 2 N–H and O–H groups in total. The topological polar surface area (TPSA) is 84.5 Å². The molecule has 92 valence electrons. The van der Waals surface area contributed by atoms with E-state index in [0.29, 0.717) is 23.5 Å². The van der Waals surface area contributed by atoms with Crippen LogP contribution in [-0.4, -0.2) is 33.8 Å². The first-order valence-electron chi connectivity index (χ1n) is 4.98. The molecular weight excluding hydrogens is 244 g/mol. The number of anilines is 2. The van der Waals surface area contributed by atoms with Gasteiger partial charge in [-0.1, -0.05) is 0 Å². The van der Waals surface area contributed by atoms with E-state index in [1.165, 1.54) is 19.2 Å². The summed E-state index contributed by atoms with van der Waals surface area (Å²) >= 11 is 0. The molecule has 1 aromatic rings. The summed E-state index contributed by atoms with van der Waals surface area (Å²) in [7, 11) is -2.00. The average Bonchev–Trinajstić information content (AvgIpc) is 2.44. The number of esters is 1. The normalized spacial score (nSPS) is 17.0. The van der Waals surface area contributed by atoms with E-state index in [0.717, 1.165) is 0 Å². The van der Waals surface area contributed by atoms with Crippen LogP contribution in [0.4, 0.5) is 11.4 Å². The zero-order valence-corrected chi connectivity index (χ0v) is 10.0. The zero-order chi connectivity index (χ0) is 12.5. The minimum atomic E-state index is -3.30. The van der Waals surface area contributed by atoms with Gasteiger partial charge in [0.1, 0.15) is 0 Å². The first-order valence-corrected chi connectivity index (χ1v) is 6.64. The fourth-order valence-electron chi connectivity index (χ4n) is 1.56. The van der Waals surface area contributed by atoms with Crippen LogP contribution in [0, 0.1) is 0 Å². The Morgan fingerprint density at radius 3 is 2.82 bits per heavy atom. The Morgan fingerprint density at radius 1 is 1.35 bits per heavy atom. The highest BCUT2D eigenvalue weighted by Gasteiger charge is 2.18. The highest BCUT2D eigenvalue weighted by atomic mass is 32.2. The van der Waals surface area contributed by atoms with Gasteiger partial charge in [0.05, 0.1) is 29.8 Å². The molecule has 0 bridgehead atoms. The second kappa shape index (κ2) is 4.25. The number of rotatable bonds is 1. The molecule has 1 aliphatic rings. The maximum Gasteiger partial charge on any atom is 0.337 e. The van der Waals surface area contributed by atoms with Gasteiger partial charge in [-0.25, -0.2) is 13.2 Å². The number of sulfonamides is 1. The largest absolute Gasteiger partial charge is 0.465 e. The molecule has 0 aromatic heterocycles. The van der Waals surface area contributed by atoms with Crippen molar-refractivity contribution in [1.29, 1.82) is 0 Å². The van der Waals surface area contributed by atoms with Crippen molar-refractivity contribution in [2.45, 2.75) is 0 Å². The van der Waals surface area contributed by atoms with Gasteiger partial charge in [-0.05, 0) is 18.2 Å². The summed E-state index contributed by atoms with van der Waals surface area (Å²) in [5.74, 6) is -0.461. The molecule has 0 saturated heterocycles. The fraction of sp³-hybridized carbons (Fsp3) is 0.300. The highest BCUT2D eigenvalue weighted by Crippen LogP contribution is 2.26. The Balaban J connectivity index is 2.40. The number of hydrogen-bond acceptors (Lipinski definition) is 5. The number of ether oxygens (including phenoxy) is 1. The van der Waals surface area contributed by atoms with E-state index in [4.69, 9.17) is 0 Å². The van der Waals surface area contributed by atoms with Crippen molar-refractivity contribution in [2.24, 2.45) is 0 Å². The maximum atomic E-state index is 11.5. The van der Waals surface area contributed by atoms with Crippen LogP contribution in [0.1, 0.15) is 10.4 Å². The van der Waals surface area contributed by atoms with Gasteiger partial charge in [0.25, 0.3) is 0 Å². The Labute approximate surface area is 99.0 Å².